The van der Waals surface area contributed by atoms with Crippen LogP contribution < -0.4 is 11.1 Å². The van der Waals surface area contributed by atoms with Crippen molar-refractivity contribution >= 4 is 5.91 Å². The normalized spacial score (nSPS) is 24.9. The minimum absolute atomic E-state index is 0.0376. The van der Waals surface area contributed by atoms with Crippen LogP contribution in [0.4, 0.5) is 0 Å². The van der Waals surface area contributed by atoms with Crippen LogP contribution in [0.2, 0.25) is 0 Å². The van der Waals surface area contributed by atoms with Crippen LogP contribution >= 0.6 is 0 Å². The Morgan fingerprint density at radius 3 is 2.48 bits per heavy atom. The number of rotatable bonds is 4. The first-order chi connectivity index (χ1) is 12.2. The Labute approximate surface area is 149 Å². The zero-order valence-corrected chi connectivity index (χ0v) is 14.4. The SMILES string of the molecule is NCc1cccc(-c2cccc(C(=O)NC3CN4CCC3CC4)c2)c1. The maximum Gasteiger partial charge on any atom is 0.251 e. The number of amides is 1. The fourth-order valence-electron chi connectivity index (χ4n) is 4.10. The molecule has 130 valence electrons. The third-order valence-electron chi connectivity index (χ3n) is 5.59. The first-order valence-electron chi connectivity index (χ1n) is 9.15. The summed E-state index contributed by atoms with van der Waals surface area (Å²) >= 11 is 0. The quantitative estimate of drug-likeness (QED) is 0.903. The Bertz CT molecular complexity index is 765. The molecule has 2 aromatic carbocycles. The number of carbonyl (C=O) groups excluding carboxylic acids is 1. The summed E-state index contributed by atoms with van der Waals surface area (Å²) in [4.78, 5) is 15.2. The molecule has 0 radical (unpaired) electrons. The fourth-order valence-corrected chi connectivity index (χ4v) is 4.10. The van der Waals surface area contributed by atoms with E-state index in [0.29, 0.717) is 18.5 Å². The van der Waals surface area contributed by atoms with E-state index in [-0.39, 0.29) is 5.91 Å². The van der Waals surface area contributed by atoms with Gasteiger partial charge in [0.1, 0.15) is 0 Å². The Kier molecular flexibility index (Phi) is 4.55. The highest BCUT2D eigenvalue weighted by atomic mass is 16.1. The molecule has 2 bridgehead atoms. The number of nitrogens with one attached hydrogen (secondary N) is 1. The van der Waals surface area contributed by atoms with E-state index in [9.17, 15) is 4.79 Å². The molecule has 3 heterocycles. The molecule has 2 aromatic rings. The topological polar surface area (TPSA) is 58.4 Å². The van der Waals surface area contributed by atoms with Gasteiger partial charge in [0.05, 0.1) is 0 Å². The number of piperidine rings is 3. The molecule has 1 unspecified atom stereocenters. The molecule has 3 saturated heterocycles. The summed E-state index contributed by atoms with van der Waals surface area (Å²) in [5, 5.41) is 3.27. The van der Waals surface area contributed by atoms with Crippen molar-refractivity contribution in [3.63, 3.8) is 0 Å². The van der Waals surface area contributed by atoms with Crippen molar-refractivity contribution in [1.82, 2.24) is 10.2 Å². The molecule has 0 aromatic heterocycles. The lowest BCUT2D eigenvalue weighted by Crippen LogP contribution is -2.57. The van der Waals surface area contributed by atoms with Crippen molar-refractivity contribution in [2.75, 3.05) is 19.6 Å². The van der Waals surface area contributed by atoms with Crippen molar-refractivity contribution in [2.45, 2.75) is 25.4 Å². The van der Waals surface area contributed by atoms with Gasteiger partial charge in [0.25, 0.3) is 5.91 Å². The summed E-state index contributed by atoms with van der Waals surface area (Å²) in [6.07, 6.45) is 2.41. The van der Waals surface area contributed by atoms with Crippen LogP contribution in [-0.4, -0.2) is 36.5 Å². The zero-order valence-electron chi connectivity index (χ0n) is 14.4. The molecule has 1 atom stereocenters. The van der Waals surface area contributed by atoms with Gasteiger partial charge >= 0.3 is 0 Å². The standard InChI is InChI=1S/C21H25N3O/c22-13-15-3-1-4-17(11-15)18-5-2-6-19(12-18)21(25)23-20-14-24-9-7-16(20)8-10-24/h1-6,11-12,16,20H,7-10,13-14,22H2,(H,23,25). The van der Waals surface area contributed by atoms with Gasteiger partial charge in [-0.05, 0) is 66.7 Å². The molecule has 3 aliphatic heterocycles. The maximum absolute atomic E-state index is 12.7. The molecule has 4 nitrogen and oxygen atoms in total. The zero-order chi connectivity index (χ0) is 17.2. The van der Waals surface area contributed by atoms with Crippen molar-refractivity contribution in [2.24, 2.45) is 11.7 Å². The minimum atomic E-state index is 0.0376. The lowest BCUT2D eigenvalue weighted by atomic mass is 9.84. The van der Waals surface area contributed by atoms with Crippen LogP contribution in [0, 0.1) is 5.92 Å². The van der Waals surface area contributed by atoms with Crippen molar-refractivity contribution in [3.8, 4) is 11.1 Å². The average molecular weight is 335 g/mol. The average Bonchev–Trinajstić information content (AvgIpc) is 2.69. The number of carbonyl (C=O) groups is 1. The van der Waals surface area contributed by atoms with Gasteiger partial charge in [-0.1, -0.05) is 30.3 Å². The van der Waals surface area contributed by atoms with Crippen molar-refractivity contribution in [1.29, 1.82) is 0 Å². The number of fused-ring (bicyclic) bond motifs is 3. The highest BCUT2D eigenvalue weighted by Crippen LogP contribution is 2.28. The highest BCUT2D eigenvalue weighted by Gasteiger charge is 2.34. The number of hydrogen-bond donors (Lipinski definition) is 2. The molecule has 4 heteroatoms. The van der Waals surface area contributed by atoms with Gasteiger partial charge in [0.15, 0.2) is 0 Å². The molecular weight excluding hydrogens is 310 g/mol. The van der Waals surface area contributed by atoms with Gasteiger partial charge in [-0.15, -0.1) is 0 Å². The van der Waals surface area contributed by atoms with E-state index in [0.717, 1.165) is 28.8 Å². The van der Waals surface area contributed by atoms with Gasteiger partial charge in [-0.2, -0.15) is 0 Å². The molecule has 3 N–H and O–H groups in total. The van der Waals surface area contributed by atoms with Crippen LogP contribution in [0.5, 0.6) is 0 Å². The van der Waals surface area contributed by atoms with E-state index >= 15 is 0 Å². The van der Waals surface area contributed by atoms with Crippen LogP contribution in [0.25, 0.3) is 11.1 Å². The maximum atomic E-state index is 12.7. The molecule has 3 fully saturated rings. The van der Waals surface area contributed by atoms with Gasteiger partial charge in [-0.3, -0.25) is 4.79 Å². The third-order valence-corrected chi connectivity index (χ3v) is 5.59. The first-order valence-corrected chi connectivity index (χ1v) is 9.15. The highest BCUT2D eigenvalue weighted by molar-refractivity contribution is 5.95. The lowest BCUT2D eigenvalue weighted by molar-refractivity contribution is 0.0620. The van der Waals surface area contributed by atoms with E-state index in [1.807, 2.05) is 36.4 Å². The Morgan fingerprint density at radius 1 is 1.08 bits per heavy atom. The van der Waals surface area contributed by atoms with Gasteiger partial charge in [0, 0.05) is 24.7 Å². The molecule has 0 saturated carbocycles. The van der Waals surface area contributed by atoms with Crippen molar-refractivity contribution < 1.29 is 4.79 Å². The summed E-state index contributed by atoms with van der Waals surface area (Å²) in [7, 11) is 0. The van der Waals surface area contributed by atoms with Gasteiger partial charge < -0.3 is 16.0 Å². The van der Waals surface area contributed by atoms with Gasteiger partial charge in [-0.25, -0.2) is 0 Å². The van der Waals surface area contributed by atoms with E-state index in [4.69, 9.17) is 5.73 Å². The van der Waals surface area contributed by atoms with E-state index < -0.39 is 0 Å². The summed E-state index contributed by atoms with van der Waals surface area (Å²) in [5.74, 6) is 0.675. The second-order valence-corrected chi connectivity index (χ2v) is 7.20. The Hall–Kier alpha value is -2.17. The van der Waals surface area contributed by atoms with Crippen LogP contribution in [0.3, 0.4) is 0 Å². The summed E-state index contributed by atoms with van der Waals surface area (Å²) < 4.78 is 0. The third kappa shape index (κ3) is 3.46. The Morgan fingerprint density at radius 2 is 1.80 bits per heavy atom. The first kappa shape index (κ1) is 16.3. The van der Waals surface area contributed by atoms with Crippen LogP contribution in [0.1, 0.15) is 28.8 Å². The largest absolute Gasteiger partial charge is 0.348 e. The molecule has 5 rings (SSSR count). The number of benzene rings is 2. The number of hydrogen-bond acceptors (Lipinski definition) is 3. The van der Waals surface area contributed by atoms with Gasteiger partial charge in [0.2, 0.25) is 0 Å². The molecule has 0 aliphatic carbocycles. The van der Waals surface area contributed by atoms with Crippen LogP contribution in [-0.2, 0) is 6.54 Å². The predicted molar refractivity (Wildman–Crippen MR) is 100 cm³/mol. The van der Waals surface area contributed by atoms with E-state index in [2.05, 4.69) is 22.3 Å². The molecular formula is C21H25N3O. The summed E-state index contributed by atoms with van der Waals surface area (Å²) in [6.45, 7) is 3.89. The number of nitrogens with zero attached hydrogens (tertiary/aromatic N) is 1. The fraction of sp³-hybridized carbons (Fsp3) is 0.381. The molecule has 3 aliphatic rings. The van der Waals surface area contributed by atoms with E-state index in [1.165, 1.54) is 25.9 Å². The van der Waals surface area contributed by atoms with Crippen LogP contribution in [0.15, 0.2) is 48.5 Å². The summed E-state index contributed by atoms with van der Waals surface area (Å²) in [6, 6.07) is 16.3. The predicted octanol–water partition coefficient (Wildman–Crippen LogP) is 2.64. The van der Waals surface area contributed by atoms with Crippen molar-refractivity contribution in [3.05, 3.63) is 59.7 Å². The minimum Gasteiger partial charge on any atom is -0.348 e. The smallest absolute Gasteiger partial charge is 0.251 e. The second-order valence-electron chi connectivity index (χ2n) is 7.20. The lowest BCUT2D eigenvalue weighted by Gasteiger charge is -2.44. The molecule has 1 amide bonds. The van der Waals surface area contributed by atoms with E-state index in [1.54, 1.807) is 0 Å². The molecule has 25 heavy (non-hydrogen) atoms. The molecule has 0 spiro atoms. The Balaban J connectivity index is 1.51. The second kappa shape index (κ2) is 6.98. The number of nitrogens with two attached hydrogens (primary N) is 1. The summed E-state index contributed by atoms with van der Waals surface area (Å²) in [5.41, 5.74) is 9.72. The monoisotopic (exact) mass is 335 g/mol.